The van der Waals surface area contributed by atoms with E-state index >= 15 is 0 Å². The Morgan fingerprint density at radius 2 is 1.83 bits per heavy atom. The van der Waals surface area contributed by atoms with Gasteiger partial charge in [-0.05, 0) is 33.3 Å². The van der Waals surface area contributed by atoms with Crippen molar-refractivity contribution >= 4 is 5.97 Å². The van der Waals surface area contributed by atoms with Gasteiger partial charge < -0.3 is 28.4 Å². The van der Waals surface area contributed by atoms with Crippen LogP contribution in [-0.2, 0) is 39.8 Å². The summed E-state index contributed by atoms with van der Waals surface area (Å²) in [7, 11) is 2.73. The number of methoxy groups -OCH3 is 2. The number of hydrogen-bond acceptors (Lipinski definition) is 7. The molecule has 7 heteroatoms. The first-order valence-corrected chi connectivity index (χ1v) is 10.0. The molecule has 7 nitrogen and oxygen atoms in total. The molecular weight excluding hydrogens is 376 g/mol. The Bertz CT molecular complexity index is 619. The lowest BCUT2D eigenvalue weighted by Gasteiger charge is -2.46. The summed E-state index contributed by atoms with van der Waals surface area (Å²) in [5.74, 6) is -2.18. The molecular formula is C22H34O7. The van der Waals surface area contributed by atoms with E-state index in [-0.39, 0.29) is 25.2 Å². The molecule has 1 aliphatic rings. The molecule has 0 amide bonds. The Morgan fingerprint density at radius 3 is 2.38 bits per heavy atom. The van der Waals surface area contributed by atoms with Gasteiger partial charge in [0.2, 0.25) is 0 Å². The number of esters is 1. The number of carbonyl (C=O) groups excluding carboxylic acids is 1. The van der Waals surface area contributed by atoms with E-state index in [1.165, 1.54) is 14.2 Å². The zero-order chi connectivity index (χ0) is 21.4. The lowest BCUT2D eigenvalue weighted by atomic mass is 9.94. The fourth-order valence-corrected chi connectivity index (χ4v) is 3.32. The quantitative estimate of drug-likeness (QED) is 0.549. The van der Waals surface area contributed by atoms with Crippen molar-refractivity contribution in [2.24, 2.45) is 0 Å². The molecule has 29 heavy (non-hydrogen) atoms. The smallest absolute Gasteiger partial charge is 0.366 e. The van der Waals surface area contributed by atoms with Gasteiger partial charge in [-0.2, -0.15) is 0 Å². The lowest BCUT2D eigenvalue weighted by molar-refractivity contribution is -0.323. The first kappa shape index (κ1) is 23.8. The van der Waals surface area contributed by atoms with E-state index < -0.39 is 30.1 Å². The van der Waals surface area contributed by atoms with E-state index in [9.17, 15) is 4.79 Å². The molecule has 0 unspecified atom stereocenters. The monoisotopic (exact) mass is 410 g/mol. The maximum atomic E-state index is 12.5. The molecule has 0 spiro atoms. The van der Waals surface area contributed by atoms with Gasteiger partial charge in [0.15, 0.2) is 0 Å². The van der Waals surface area contributed by atoms with Crippen LogP contribution in [0.25, 0.3) is 0 Å². The summed E-state index contributed by atoms with van der Waals surface area (Å²) in [5.41, 5.74) is 1.03. The Kier molecular flexibility index (Phi) is 9.04. The molecule has 2 rings (SSSR count). The van der Waals surface area contributed by atoms with Gasteiger partial charge >= 0.3 is 5.97 Å². The van der Waals surface area contributed by atoms with E-state index in [2.05, 4.69) is 0 Å². The first-order chi connectivity index (χ1) is 13.8. The van der Waals surface area contributed by atoms with Gasteiger partial charge in [0.1, 0.15) is 12.2 Å². The molecule has 1 aliphatic heterocycles. The fourth-order valence-electron chi connectivity index (χ4n) is 3.32. The van der Waals surface area contributed by atoms with Crippen LogP contribution >= 0.6 is 0 Å². The molecule has 4 atom stereocenters. The Hall–Kier alpha value is -1.51. The van der Waals surface area contributed by atoms with Crippen LogP contribution in [0.1, 0.15) is 39.7 Å². The summed E-state index contributed by atoms with van der Waals surface area (Å²) >= 11 is 0. The van der Waals surface area contributed by atoms with Gasteiger partial charge in [0.25, 0.3) is 5.79 Å². The molecule has 0 radical (unpaired) electrons. The summed E-state index contributed by atoms with van der Waals surface area (Å²) in [4.78, 5) is 12.5. The van der Waals surface area contributed by atoms with Gasteiger partial charge in [0, 0.05) is 13.5 Å². The lowest BCUT2D eigenvalue weighted by Crippen LogP contribution is -2.62. The third kappa shape index (κ3) is 6.49. The average molecular weight is 411 g/mol. The van der Waals surface area contributed by atoms with Crippen LogP contribution < -0.4 is 0 Å². The van der Waals surface area contributed by atoms with Crippen molar-refractivity contribution < 1.29 is 33.2 Å². The van der Waals surface area contributed by atoms with Gasteiger partial charge in [0.05, 0.1) is 38.6 Å². The van der Waals surface area contributed by atoms with Crippen LogP contribution in [-0.4, -0.2) is 63.1 Å². The maximum Gasteiger partial charge on any atom is 0.366 e. The molecule has 0 N–H and O–H groups in total. The fraction of sp³-hybridized carbons (Fsp3) is 0.682. The highest BCUT2D eigenvalue weighted by Gasteiger charge is 2.54. The van der Waals surface area contributed by atoms with Crippen molar-refractivity contribution in [1.29, 1.82) is 0 Å². The van der Waals surface area contributed by atoms with Gasteiger partial charge in [-0.15, -0.1) is 0 Å². The number of hydrogen-bond donors (Lipinski definition) is 0. The minimum atomic E-state index is -1.57. The summed E-state index contributed by atoms with van der Waals surface area (Å²) in [6, 6.07) is 9.84. The van der Waals surface area contributed by atoms with E-state index in [4.69, 9.17) is 28.4 Å². The van der Waals surface area contributed by atoms with E-state index in [0.29, 0.717) is 6.61 Å². The molecule has 0 aromatic heterocycles. The van der Waals surface area contributed by atoms with Crippen LogP contribution in [0, 0.1) is 0 Å². The predicted molar refractivity (Wildman–Crippen MR) is 107 cm³/mol. The molecule has 0 saturated carbocycles. The Morgan fingerprint density at radius 1 is 1.14 bits per heavy atom. The zero-order valence-corrected chi connectivity index (χ0v) is 18.3. The van der Waals surface area contributed by atoms with Crippen molar-refractivity contribution in [1.82, 2.24) is 0 Å². The molecule has 0 bridgehead atoms. The second-order valence-electron chi connectivity index (χ2n) is 7.68. The molecule has 0 aliphatic carbocycles. The molecule has 1 heterocycles. The predicted octanol–water partition coefficient (Wildman–Crippen LogP) is 3.10. The van der Waals surface area contributed by atoms with Crippen LogP contribution in [0.5, 0.6) is 0 Å². The highest BCUT2D eigenvalue weighted by molar-refractivity contribution is 5.78. The van der Waals surface area contributed by atoms with Crippen molar-refractivity contribution in [2.45, 2.75) is 77.0 Å². The SMILES string of the molecule is COC(=O)[C@@]1(OC)C[C@@H](OCc2ccccc2)[C@@H](OC(C)C)[C@@H](COC(C)C)O1. The number of rotatable bonds is 10. The van der Waals surface area contributed by atoms with Crippen molar-refractivity contribution in [3.8, 4) is 0 Å². The summed E-state index contributed by atoms with van der Waals surface area (Å²) < 4.78 is 34.7. The van der Waals surface area contributed by atoms with Crippen molar-refractivity contribution in [3.63, 3.8) is 0 Å². The van der Waals surface area contributed by atoms with Gasteiger partial charge in [-0.3, -0.25) is 0 Å². The van der Waals surface area contributed by atoms with Crippen molar-refractivity contribution in [2.75, 3.05) is 20.8 Å². The third-order valence-corrected chi connectivity index (χ3v) is 4.70. The van der Waals surface area contributed by atoms with E-state index in [1.807, 2.05) is 58.0 Å². The number of carbonyl (C=O) groups is 1. The average Bonchev–Trinajstić information content (AvgIpc) is 2.71. The summed E-state index contributed by atoms with van der Waals surface area (Å²) in [6.45, 7) is 8.40. The second-order valence-corrected chi connectivity index (χ2v) is 7.68. The minimum absolute atomic E-state index is 0.000940. The molecule has 1 aromatic carbocycles. The molecule has 1 saturated heterocycles. The molecule has 1 fully saturated rings. The van der Waals surface area contributed by atoms with E-state index in [1.54, 1.807) is 0 Å². The normalized spacial score (nSPS) is 27.4. The summed E-state index contributed by atoms with van der Waals surface area (Å²) in [5, 5.41) is 0. The molecule has 164 valence electrons. The van der Waals surface area contributed by atoms with Crippen LogP contribution in [0.3, 0.4) is 0 Å². The largest absolute Gasteiger partial charge is 0.465 e. The second kappa shape index (κ2) is 11.0. The topological polar surface area (TPSA) is 72.5 Å². The van der Waals surface area contributed by atoms with Crippen LogP contribution in [0.4, 0.5) is 0 Å². The van der Waals surface area contributed by atoms with Crippen LogP contribution in [0.2, 0.25) is 0 Å². The van der Waals surface area contributed by atoms with Gasteiger partial charge in [-0.1, -0.05) is 30.3 Å². The zero-order valence-electron chi connectivity index (χ0n) is 18.3. The third-order valence-electron chi connectivity index (χ3n) is 4.70. The number of benzene rings is 1. The Balaban J connectivity index is 2.29. The Labute approximate surface area is 173 Å². The minimum Gasteiger partial charge on any atom is -0.465 e. The van der Waals surface area contributed by atoms with Crippen LogP contribution in [0.15, 0.2) is 30.3 Å². The van der Waals surface area contributed by atoms with E-state index in [0.717, 1.165) is 5.56 Å². The van der Waals surface area contributed by atoms with Gasteiger partial charge in [-0.25, -0.2) is 4.79 Å². The first-order valence-electron chi connectivity index (χ1n) is 10.0. The number of ether oxygens (including phenoxy) is 6. The highest BCUT2D eigenvalue weighted by Crippen LogP contribution is 2.35. The molecule has 1 aromatic rings. The summed E-state index contributed by atoms with van der Waals surface area (Å²) in [6.07, 6.45) is -1.34. The highest BCUT2D eigenvalue weighted by atomic mass is 16.7. The standard InChI is InChI=1S/C22H34O7/c1-15(2)26-14-19-20(28-16(3)4)18(27-13-17-10-8-7-9-11-17)12-22(25-6,29-19)21(23)24-5/h7-11,15-16,18-20H,12-14H2,1-6H3/t18-,19-,20-,22-/m1/s1. The van der Waals surface area contributed by atoms with Crippen molar-refractivity contribution in [3.05, 3.63) is 35.9 Å². The maximum absolute atomic E-state index is 12.5.